The van der Waals surface area contributed by atoms with Crippen molar-refractivity contribution in [3.63, 3.8) is 0 Å². The molecule has 2 rings (SSSR count). The van der Waals surface area contributed by atoms with Gasteiger partial charge in [0.15, 0.2) is 0 Å². The SMILES string of the molecule is CCC1(CC)CNC(C)(C)CN1Cc1cccc(O)c1. The Kier molecular flexibility index (Phi) is 4.40. The van der Waals surface area contributed by atoms with Crippen LogP contribution < -0.4 is 5.32 Å². The number of hydrogen-bond acceptors (Lipinski definition) is 3. The molecule has 0 bridgehead atoms. The minimum atomic E-state index is 0.144. The van der Waals surface area contributed by atoms with Crippen LogP contribution in [-0.2, 0) is 6.54 Å². The summed E-state index contributed by atoms with van der Waals surface area (Å²) in [6, 6.07) is 7.64. The Morgan fingerprint density at radius 2 is 1.95 bits per heavy atom. The number of hydrogen-bond donors (Lipinski definition) is 2. The Balaban J connectivity index is 2.23. The van der Waals surface area contributed by atoms with Crippen LogP contribution >= 0.6 is 0 Å². The number of piperazine rings is 1. The van der Waals surface area contributed by atoms with Gasteiger partial charge >= 0.3 is 0 Å². The molecule has 0 saturated carbocycles. The molecule has 1 aromatic carbocycles. The summed E-state index contributed by atoms with van der Waals surface area (Å²) in [5.41, 5.74) is 1.56. The van der Waals surface area contributed by atoms with Gasteiger partial charge in [-0.15, -0.1) is 0 Å². The second-order valence-corrected chi connectivity index (χ2v) is 6.69. The Hall–Kier alpha value is -1.06. The van der Waals surface area contributed by atoms with E-state index >= 15 is 0 Å². The third kappa shape index (κ3) is 3.15. The van der Waals surface area contributed by atoms with Gasteiger partial charge in [0.1, 0.15) is 5.75 Å². The number of nitrogens with zero attached hydrogens (tertiary/aromatic N) is 1. The van der Waals surface area contributed by atoms with Gasteiger partial charge in [0.25, 0.3) is 0 Å². The molecule has 0 aliphatic carbocycles. The first kappa shape index (κ1) is 15.3. The van der Waals surface area contributed by atoms with Crippen LogP contribution in [0.5, 0.6) is 5.75 Å². The number of aromatic hydroxyl groups is 1. The van der Waals surface area contributed by atoms with Crippen molar-refractivity contribution in [1.29, 1.82) is 0 Å². The monoisotopic (exact) mass is 276 g/mol. The van der Waals surface area contributed by atoms with Gasteiger partial charge in [0.05, 0.1) is 0 Å². The molecule has 0 radical (unpaired) electrons. The molecular formula is C17H28N2O. The molecule has 3 nitrogen and oxygen atoms in total. The van der Waals surface area contributed by atoms with Gasteiger partial charge in [0.2, 0.25) is 0 Å². The Bertz CT molecular complexity index is 452. The smallest absolute Gasteiger partial charge is 0.115 e. The number of phenols is 1. The van der Waals surface area contributed by atoms with Crippen LogP contribution in [0.1, 0.15) is 46.1 Å². The molecule has 0 amide bonds. The zero-order valence-electron chi connectivity index (χ0n) is 13.2. The van der Waals surface area contributed by atoms with Crippen LogP contribution in [0.15, 0.2) is 24.3 Å². The van der Waals surface area contributed by atoms with E-state index in [0.29, 0.717) is 5.75 Å². The summed E-state index contributed by atoms with van der Waals surface area (Å²) in [5.74, 6) is 0.357. The second-order valence-electron chi connectivity index (χ2n) is 6.69. The molecule has 0 aromatic heterocycles. The number of rotatable bonds is 4. The molecule has 112 valence electrons. The molecule has 2 N–H and O–H groups in total. The van der Waals surface area contributed by atoms with Crippen LogP contribution in [0.3, 0.4) is 0 Å². The molecule has 1 fully saturated rings. The lowest BCUT2D eigenvalue weighted by Gasteiger charge is -2.52. The zero-order chi connectivity index (χ0) is 14.8. The molecule has 1 aliphatic rings. The first-order chi connectivity index (χ1) is 9.41. The van der Waals surface area contributed by atoms with Gasteiger partial charge in [-0.25, -0.2) is 0 Å². The van der Waals surface area contributed by atoms with E-state index in [0.717, 1.165) is 32.5 Å². The van der Waals surface area contributed by atoms with Gasteiger partial charge in [-0.2, -0.15) is 0 Å². The lowest BCUT2D eigenvalue weighted by atomic mass is 9.84. The quantitative estimate of drug-likeness (QED) is 0.887. The van der Waals surface area contributed by atoms with Crippen molar-refractivity contribution in [3.8, 4) is 5.75 Å². The molecular weight excluding hydrogens is 248 g/mol. The average Bonchev–Trinajstić information content (AvgIpc) is 2.39. The highest BCUT2D eigenvalue weighted by Gasteiger charge is 2.41. The van der Waals surface area contributed by atoms with Crippen LogP contribution in [0.25, 0.3) is 0 Å². The zero-order valence-corrected chi connectivity index (χ0v) is 13.2. The van der Waals surface area contributed by atoms with Crippen molar-refractivity contribution < 1.29 is 5.11 Å². The lowest BCUT2D eigenvalue weighted by molar-refractivity contribution is 0.00230. The molecule has 1 aliphatic heterocycles. The summed E-state index contributed by atoms with van der Waals surface area (Å²) in [6.07, 6.45) is 2.29. The van der Waals surface area contributed by atoms with Gasteiger partial charge in [-0.1, -0.05) is 26.0 Å². The summed E-state index contributed by atoms with van der Waals surface area (Å²) in [7, 11) is 0. The third-order valence-electron chi connectivity index (χ3n) is 4.75. The first-order valence-corrected chi connectivity index (χ1v) is 7.69. The molecule has 3 heteroatoms. The van der Waals surface area contributed by atoms with Crippen LogP contribution in [0, 0.1) is 0 Å². The Morgan fingerprint density at radius 3 is 2.55 bits per heavy atom. The second kappa shape index (κ2) is 5.74. The van der Waals surface area contributed by atoms with Gasteiger partial charge in [-0.05, 0) is 44.4 Å². The number of nitrogens with one attached hydrogen (secondary N) is 1. The highest BCUT2D eigenvalue weighted by Crippen LogP contribution is 2.31. The standard InChI is InChI=1S/C17H28N2O/c1-5-17(6-2)12-18-16(3,4)13-19(17)11-14-8-7-9-15(20)10-14/h7-10,18,20H,5-6,11-13H2,1-4H3. The van der Waals surface area contributed by atoms with Crippen molar-refractivity contribution in [2.45, 2.75) is 58.2 Å². The predicted octanol–water partition coefficient (Wildman–Crippen LogP) is 3.13. The van der Waals surface area contributed by atoms with E-state index in [2.05, 4.69) is 44.0 Å². The average molecular weight is 276 g/mol. The maximum Gasteiger partial charge on any atom is 0.115 e. The summed E-state index contributed by atoms with van der Waals surface area (Å²) >= 11 is 0. The maximum absolute atomic E-state index is 9.66. The van der Waals surface area contributed by atoms with Crippen LogP contribution in [0.2, 0.25) is 0 Å². The van der Waals surface area contributed by atoms with Gasteiger partial charge < -0.3 is 10.4 Å². The molecule has 1 heterocycles. The lowest BCUT2D eigenvalue weighted by Crippen LogP contribution is -2.67. The fourth-order valence-electron chi connectivity index (χ4n) is 3.26. The molecule has 0 spiro atoms. The Morgan fingerprint density at radius 1 is 1.25 bits per heavy atom. The number of benzene rings is 1. The summed E-state index contributed by atoms with van der Waals surface area (Å²) < 4.78 is 0. The van der Waals surface area contributed by atoms with Crippen LogP contribution in [-0.4, -0.2) is 34.2 Å². The summed E-state index contributed by atoms with van der Waals surface area (Å²) in [4.78, 5) is 2.60. The Labute approximate surface area is 123 Å². The largest absolute Gasteiger partial charge is 0.508 e. The molecule has 20 heavy (non-hydrogen) atoms. The maximum atomic E-state index is 9.66. The summed E-state index contributed by atoms with van der Waals surface area (Å²) in [5, 5.41) is 13.3. The van der Waals surface area contributed by atoms with Crippen molar-refractivity contribution in [3.05, 3.63) is 29.8 Å². The molecule has 1 saturated heterocycles. The first-order valence-electron chi connectivity index (χ1n) is 7.69. The van der Waals surface area contributed by atoms with E-state index in [1.165, 1.54) is 5.56 Å². The van der Waals surface area contributed by atoms with Crippen LogP contribution in [0.4, 0.5) is 0 Å². The van der Waals surface area contributed by atoms with Crippen molar-refractivity contribution in [2.75, 3.05) is 13.1 Å². The van der Waals surface area contributed by atoms with Crippen molar-refractivity contribution >= 4 is 0 Å². The van der Waals surface area contributed by atoms with Crippen molar-refractivity contribution in [2.24, 2.45) is 0 Å². The van der Waals surface area contributed by atoms with E-state index in [-0.39, 0.29) is 11.1 Å². The van der Waals surface area contributed by atoms with E-state index in [1.807, 2.05) is 12.1 Å². The normalized spacial score (nSPS) is 21.8. The topological polar surface area (TPSA) is 35.5 Å². The van der Waals surface area contributed by atoms with E-state index in [4.69, 9.17) is 0 Å². The van der Waals surface area contributed by atoms with Gasteiger partial charge in [-0.3, -0.25) is 4.90 Å². The fourth-order valence-corrected chi connectivity index (χ4v) is 3.26. The van der Waals surface area contributed by atoms with E-state index in [1.54, 1.807) is 6.07 Å². The fraction of sp³-hybridized carbons (Fsp3) is 0.647. The van der Waals surface area contributed by atoms with Crippen molar-refractivity contribution in [1.82, 2.24) is 10.2 Å². The number of phenolic OH excluding ortho intramolecular Hbond substituents is 1. The predicted molar refractivity (Wildman–Crippen MR) is 83.9 cm³/mol. The third-order valence-corrected chi connectivity index (χ3v) is 4.75. The highest BCUT2D eigenvalue weighted by atomic mass is 16.3. The molecule has 1 aromatic rings. The minimum absolute atomic E-state index is 0.144. The van der Waals surface area contributed by atoms with E-state index in [9.17, 15) is 5.11 Å². The van der Waals surface area contributed by atoms with Gasteiger partial charge in [0, 0.05) is 30.7 Å². The summed E-state index contributed by atoms with van der Waals surface area (Å²) in [6.45, 7) is 12.0. The minimum Gasteiger partial charge on any atom is -0.508 e. The molecule has 0 unspecified atom stereocenters. The van der Waals surface area contributed by atoms with E-state index < -0.39 is 0 Å². The highest BCUT2D eigenvalue weighted by molar-refractivity contribution is 5.27. The molecule has 0 atom stereocenters.